The number of fused-ring (bicyclic) bond motifs is 1. The van der Waals surface area contributed by atoms with Crippen LogP contribution >= 0.6 is 12.2 Å². The molecule has 0 radical (unpaired) electrons. The van der Waals surface area contributed by atoms with Crippen molar-refractivity contribution in [2.45, 2.75) is 6.92 Å². The minimum atomic E-state index is -0.776. The van der Waals surface area contributed by atoms with Gasteiger partial charge in [0.05, 0.1) is 16.1 Å². The number of amides is 1. The van der Waals surface area contributed by atoms with E-state index in [0.29, 0.717) is 4.77 Å². The Hall–Kier alpha value is -1.62. The molecule has 0 aromatic carbocycles. The molecule has 2 rings (SSSR count). The summed E-state index contributed by atoms with van der Waals surface area (Å²) in [6.07, 6.45) is 7.19. The molecule has 0 bridgehead atoms. The summed E-state index contributed by atoms with van der Waals surface area (Å²) in [7, 11) is 0. The number of aromatic nitrogens is 2. The number of hydrogen-bond acceptors (Lipinski definition) is 2. The number of primary amides is 1. The molecule has 4 nitrogen and oxygen atoms in total. The molecular weight excluding hydrogens is 210 g/mol. The highest BCUT2D eigenvalue weighted by Gasteiger charge is 2.25. The third-order valence-electron chi connectivity index (χ3n) is 2.47. The quantitative estimate of drug-likeness (QED) is 0.569. The number of nitrogens with one attached hydrogen (secondary N) is 2. The van der Waals surface area contributed by atoms with Gasteiger partial charge in [-0.05, 0) is 31.3 Å². The number of aromatic amines is 2. The van der Waals surface area contributed by atoms with Crippen molar-refractivity contribution in [2.75, 3.05) is 0 Å². The molecule has 1 aromatic heterocycles. The van der Waals surface area contributed by atoms with Gasteiger partial charge in [0.15, 0.2) is 4.77 Å². The third kappa shape index (κ3) is 1.66. The van der Waals surface area contributed by atoms with Crippen LogP contribution < -0.4 is 16.4 Å². The van der Waals surface area contributed by atoms with Crippen molar-refractivity contribution in [2.24, 2.45) is 11.1 Å². The minimum absolute atomic E-state index is 0.388. The van der Waals surface area contributed by atoms with E-state index >= 15 is 0 Å². The summed E-state index contributed by atoms with van der Waals surface area (Å²) in [5.74, 6) is -0.388. The molecule has 15 heavy (non-hydrogen) atoms. The largest absolute Gasteiger partial charge is 0.369 e. The third-order valence-corrected chi connectivity index (χ3v) is 2.67. The average Bonchev–Trinajstić information content (AvgIpc) is 2.38. The van der Waals surface area contributed by atoms with Crippen molar-refractivity contribution >= 4 is 30.3 Å². The van der Waals surface area contributed by atoms with Crippen molar-refractivity contribution in [1.29, 1.82) is 0 Å². The monoisotopic (exact) mass is 221 g/mol. The van der Waals surface area contributed by atoms with E-state index in [0.717, 1.165) is 10.7 Å². The molecule has 1 amide bonds. The van der Waals surface area contributed by atoms with Gasteiger partial charge in [-0.3, -0.25) is 4.79 Å². The topological polar surface area (TPSA) is 74.7 Å². The Kier molecular flexibility index (Phi) is 2.12. The highest BCUT2D eigenvalue weighted by Crippen LogP contribution is 2.20. The van der Waals surface area contributed by atoms with Crippen LogP contribution in [0.4, 0.5) is 0 Å². The van der Waals surface area contributed by atoms with E-state index in [1.54, 1.807) is 25.2 Å². The van der Waals surface area contributed by atoms with Gasteiger partial charge >= 0.3 is 0 Å². The lowest BCUT2D eigenvalue weighted by atomic mass is 9.89. The van der Waals surface area contributed by atoms with Crippen LogP contribution in [0.15, 0.2) is 12.2 Å². The van der Waals surface area contributed by atoms with Gasteiger partial charge in [0.1, 0.15) is 0 Å². The Morgan fingerprint density at radius 3 is 2.80 bits per heavy atom. The van der Waals surface area contributed by atoms with Gasteiger partial charge in [0, 0.05) is 0 Å². The van der Waals surface area contributed by atoms with Gasteiger partial charge in [0.25, 0.3) is 0 Å². The number of imidazole rings is 1. The van der Waals surface area contributed by atoms with Crippen molar-refractivity contribution < 1.29 is 4.79 Å². The summed E-state index contributed by atoms with van der Waals surface area (Å²) >= 11 is 4.97. The second kappa shape index (κ2) is 3.20. The summed E-state index contributed by atoms with van der Waals surface area (Å²) in [4.78, 5) is 17.3. The molecule has 0 saturated heterocycles. The first-order chi connectivity index (χ1) is 7.01. The fourth-order valence-corrected chi connectivity index (χ4v) is 1.72. The average molecular weight is 221 g/mol. The number of nitrogens with two attached hydrogens (primary N) is 1. The lowest BCUT2D eigenvalue weighted by Gasteiger charge is -2.15. The predicted molar refractivity (Wildman–Crippen MR) is 60.6 cm³/mol. The Bertz CT molecular complexity index is 607. The zero-order valence-corrected chi connectivity index (χ0v) is 9.02. The molecule has 1 atom stereocenters. The van der Waals surface area contributed by atoms with Crippen LogP contribution in [0.3, 0.4) is 0 Å². The van der Waals surface area contributed by atoms with Gasteiger partial charge in [-0.25, -0.2) is 0 Å². The maximum absolute atomic E-state index is 11.3. The molecule has 1 aliphatic rings. The van der Waals surface area contributed by atoms with Crippen LogP contribution in [-0.4, -0.2) is 15.9 Å². The van der Waals surface area contributed by atoms with Crippen LogP contribution in [0.5, 0.6) is 0 Å². The minimum Gasteiger partial charge on any atom is -0.369 e. The maximum atomic E-state index is 11.3. The molecular formula is C10H11N3OS. The van der Waals surface area contributed by atoms with Gasteiger partial charge in [-0.2, -0.15) is 0 Å². The molecule has 0 spiro atoms. The first-order valence-corrected chi connectivity index (χ1v) is 4.93. The zero-order valence-electron chi connectivity index (χ0n) is 8.20. The molecule has 0 saturated carbocycles. The second-order valence-electron chi connectivity index (χ2n) is 3.72. The van der Waals surface area contributed by atoms with E-state index in [-0.39, 0.29) is 5.91 Å². The molecule has 1 aliphatic carbocycles. The Balaban J connectivity index is 2.77. The summed E-state index contributed by atoms with van der Waals surface area (Å²) < 4.78 is 0.537. The lowest BCUT2D eigenvalue weighted by molar-refractivity contribution is -0.122. The number of hydrogen-bond donors (Lipinski definition) is 3. The summed E-state index contributed by atoms with van der Waals surface area (Å²) in [6.45, 7) is 1.76. The van der Waals surface area contributed by atoms with Gasteiger partial charge in [0.2, 0.25) is 5.91 Å². The first-order valence-electron chi connectivity index (χ1n) is 4.52. The van der Waals surface area contributed by atoms with Crippen LogP contribution in [0.25, 0.3) is 12.2 Å². The number of carbonyl (C=O) groups excluding carboxylic acids is 1. The molecule has 1 aromatic rings. The Labute approximate surface area is 91.2 Å². The molecule has 4 N–H and O–H groups in total. The van der Waals surface area contributed by atoms with Crippen LogP contribution in [0.1, 0.15) is 6.92 Å². The highest BCUT2D eigenvalue weighted by molar-refractivity contribution is 7.71. The standard InChI is InChI=1S/C10H11N3OS/c1-10(8(11)14)4-2-3-6-7(5-10)13-9(15)12-6/h2-5H,1H3,(H2,11,14)(H2,12,13,15). The molecule has 0 aliphatic heterocycles. The van der Waals surface area contributed by atoms with Crippen molar-refractivity contribution in [3.8, 4) is 0 Å². The zero-order chi connectivity index (χ0) is 11.1. The maximum Gasteiger partial charge on any atom is 0.231 e. The Morgan fingerprint density at radius 1 is 1.47 bits per heavy atom. The van der Waals surface area contributed by atoms with E-state index in [9.17, 15) is 4.79 Å². The molecule has 1 heterocycles. The second-order valence-corrected chi connectivity index (χ2v) is 4.13. The van der Waals surface area contributed by atoms with Crippen molar-refractivity contribution in [3.05, 3.63) is 27.6 Å². The SMILES string of the molecule is CC1(C(N)=O)C=CC=c2[nH]c(=S)[nH]c2=C1. The summed E-state index contributed by atoms with van der Waals surface area (Å²) in [5.41, 5.74) is 4.57. The van der Waals surface area contributed by atoms with Crippen LogP contribution in [-0.2, 0) is 4.79 Å². The van der Waals surface area contributed by atoms with Gasteiger partial charge in [-0.1, -0.05) is 12.2 Å². The van der Waals surface area contributed by atoms with Crippen LogP contribution in [0.2, 0.25) is 0 Å². The van der Waals surface area contributed by atoms with E-state index in [2.05, 4.69) is 9.97 Å². The number of H-pyrrole nitrogens is 2. The fraction of sp³-hybridized carbons (Fsp3) is 0.200. The first kappa shape index (κ1) is 9.92. The number of rotatable bonds is 1. The van der Waals surface area contributed by atoms with E-state index in [1.165, 1.54) is 0 Å². The van der Waals surface area contributed by atoms with Crippen molar-refractivity contribution in [3.63, 3.8) is 0 Å². The molecule has 0 fully saturated rings. The highest BCUT2D eigenvalue weighted by atomic mass is 32.1. The molecule has 1 unspecified atom stereocenters. The smallest absolute Gasteiger partial charge is 0.231 e. The fourth-order valence-electron chi connectivity index (χ4n) is 1.50. The van der Waals surface area contributed by atoms with E-state index < -0.39 is 5.41 Å². The molecule has 78 valence electrons. The summed E-state index contributed by atoms with van der Waals surface area (Å²) in [5, 5.41) is 1.66. The van der Waals surface area contributed by atoms with Gasteiger partial charge < -0.3 is 15.7 Å². The predicted octanol–water partition coefficient (Wildman–Crippen LogP) is -0.305. The normalized spacial score (nSPS) is 23.5. The number of carbonyl (C=O) groups is 1. The number of allylic oxidation sites excluding steroid dienone is 1. The van der Waals surface area contributed by atoms with Crippen molar-refractivity contribution in [1.82, 2.24) is 9.97 Å². The van der Waals surface area contributed by atoms with Crippen LogP contribution in [0, 0.1) is 10.2 Å². The Morgan fingerprint density at radius 2 is 2.13 bits per heavy atom. The summed E-state index contributed by atoms with van der Waals surface area (Å²) in [6, 6.07) is 0. The van der Waals surface area contributed by atoms with Gasteiger partial charge in [-0.15, -0.1) is 0 Å². The van der Waals surface area contributed by atoms with E-state index in [1.807, 2.05) is 6.08 Å². The van der Waals surface area contributed by atoms with E-state index in [4.69, 9.17) is 18.0 Å². The lowest BCUT2D eigenvalue weighted by Crippen LogP contribution is -2.34. The molecule has 5 heteroatoms.